The van der Waals surface area contributed by atoms with Gasteiger partial charge >= 0.3 is 12.0 Å². The van der Waals surface area contributed by atoms with Crippen molar-refractivity contribution in [3.63, 3.8) is 0 Å². The molecule has 4 aromatic carbocycles. The lowest BCUT2D eigenvalue weighted by molar-refractivity contribution is -0.140. The molecule has 0 aliphatic heterocycles. The first kappa shape index (κ1) is 30.5. The van der Waals surface area contributed by atoms with Gasteiger partial charge in [-0.3, -0.25) is 19.3 Å². The van der Waals surface area contributed by atoms with Gasteiger partial charge in [0.25, 0.3) is 5.91 Å². The van der Waals surface area contributed by atoms with Crippen molar-refractivity contribution < 1.29 is 23.9 Å². The van der Waals surface area contributed by atoms with E-state index in [0.29, 0.717) is 29.9 Å². The van der Waals surface area contributed by atoms with E-state index in [0.717, 1.165) is 16.7 Å². The normalized spacial score (nSPS) is 10.3. The van der Waals surface area contributed by atoms with E-state index in [1.807, 2.05) is 60.7 Å². The Balaban J connectivity index is 1.38. The molecule has 0 aromatic heterocycles. The third-order valence-electron chi connectivity index (χ3n) is 6.67. The van der Waals surface area contributed by atoms with E-state index in [9.17, 15) is 19.2 Å². The van der Waals surface area contributed by atoms with Crippen LogP contribution in [0.25, 0.3) is 0 Å². The van der Waals surface area contributed by atoms with Gasteiger partial charge in [0.15, 0.2) is 0 Å². The predicted molar refractivity (Wildman–Crippen MR) is 165 cm³/mol. The van der Waals surface area contributed by atoms with Crippen molar-refractivity contribution in [3.05, 3.63) is 131 Å². The van der Waals surface area contributed by atoms with Crippen LogP contribution in [0.1, 0.15) is 33.5 Å². The first-order valence-electron chi connectivity index (χ1n) is 13.9. The molecule has 9 nitrogen and oxygen atoms in total. The number of amides is 4. The van der Waals surface area contributed by atoms with Gasteiger partial charge in [-0.05, 0) is 53.4 Å². The third kappa shape index (κ3) is 9.29. The summed E-state index contributed by atoms with van der Waals surface area (Å²) >= 11 is 0. The minimum atomic E-state index is -0.359. The quantitative estimate of drug-likeness (QED) is 0.203. The highest BCUT2D eigenvalue weighted by Gasteiger charge is 2.23. The van der Waals surface area contributed by atoms with Crippen LogP contribution in [0.4, 0.5) is 16.2 Å². The average molecular weight is 579 g/mol. The van der Waals surface area contributed by atoms with Crippen molar-refractivity contribution in [2.24, 2.45) is 0 Å². The number of nitrogens with zero attached hydrogens (tertiary/aromatic N) is 1. The molecule has 3 N–H and O–H groups in total. The smallest absolute Gasteiger partial charge is 0.319 e. The fourth-order valence-electron chi connectivity index (χ4n) is 4.39. The Morgan fingerprint density at radius 3 is 2.00 bits per heavy atom. The Morgan fingerprint density at radius 2 is 1.30 bits per heavy atom. The summed E-state index contributed by atoms with van der Waals surface area (Å²) in [6.07, 6.45) is 0.500. The zero-order chi connectivity index (χ0) is 30.4. The van der Waals surface area contributed by atoms with Gasteiger partial charge in [-0.25, -0.2) is 4.79 Å². The summed E-state index contributed by atoms with van der Waals surface area (Å²) in [7, 11) is 1.33. The second-order valence-corrected chi connectivity index (χ2v) is 9.73. The third-order valence-corrected chi connectivity index (χ3v) is 6.67. The first-order chi connectivity index (χ1) is 20.9. The zero-order valence-corrected chi connectivity index (χ0v) is 23.9. The van der Waals surface area contributed by atoms with Crippen LogP contribution in [0.3, 0.4) is 0 Å². The molecule has 0 fully saturated rings. The minimum absolute atomic E-state index is 0.145. The SMILES string of the molecule is COC(=O)CCc1ccccc1N(CC(=O)NCc1ccc(NC(=O)NCc2ccccc2)cc1)C(=O)c1ccccc1. The molecule has 0 saturated carbocycles. The van der Waals surface area contributed by atoms with Crippen molar-refractivity contribution >= 4 is 35.2 Å². The van der Waals surface area contributed by atoms with Crippen molar-refractivity contribution in [2.75, 3.05) is 23.9 Å². The van der Waals surface area contributed by atoms with Gasteiger partial charge in [-0.15, -0.1) is 0 Å². The number of anilines is 2. The first-order valence-corrected chi connectivity index (χ1v) is 13.9. The molecule has 0 spiro atoms. The number of hydrogen-bond donors (Lipinski definition) is 3. The predicted octanol–water partition coefficient (Wildman–Crippen LogP) is 5.08. The van der Waals surface area contributed by atoms with E-state index in [1.54, 1.807) is 48.5 Å². The number of nitrogens with one attached hydrogen (secondary N) is 3. The van der Waals surface area contributed by atoms with Crippen molar-refractivity contribution in [1.29, 1.82) is 0 Å². The largest absolute Gasteiger partial charge is 0.469 e. The Hall–Kier alpha value is -5.44. The Bertz CT molecular complexity index is 1530. The monoisotopic (exact) mass is 578 g/mol. The highest BCUT2D eigenvalue weighted by Crippen LogP contribution is 2.24. The lowest BCUT2D eigenvalue weighted by atomic mass is 10.1. The molecular formula is C34H34N4O5. The van der Waals surface area contributed by atoms with Crippen LogP contribution < -0.4 is 20.9 Å². The molecule has 0 radical (unpaired) electrons. The number of para-hydroxylation sites is 1. The molecule has 0 unspecified atom stereocenters. The van der Waals surface area contributed by atoms with E-state index in [1.165, 1.54) is 12.0 Å². The fourth-order valence-corrected chi connectivity index (χ4v) is 4.39. The molecule has 43 heavy (non-hydrogen) atoms. The van der Waals surface area contributed by atoms with Gasteiger partial charge < -0.3 is 20.7 Å². The Morgan fingerprint density at radius 1 is 0.698 bits per heavy atom. The Labute approximate surface area is 250 Å². The topological polar surface area (TPSA) is 117 Å². The summed E-state index contributed by atoms with van der Waals surface area (Å²) < 4.78 is 4.77. The van der Waals surface area contributed by atoms with E-state index in [2.05, 4.69) is 16.0 Å². The summed E-state index contributed by atoms with van der Waals surface area (Å²) in [4.78, 5) is 52.1. The number of hydrogen-bond acceptors (Lipinski definition) is 5. The molecule has 0 atom stereocenters. The second-order valence-electron chi connectivity index (χ2n) is 9.73. The summed E-state index contributed by atoms with van der Waals surface area (Å²) in [6.45, 7) is 0.428. The molecule has 0 aliphatic carbocycles. The molecule has 4 amide bonds. The maximum absolute atomic E-state index is 13.6. The number of methoxy groups -OCH3 is 1. The minimum Gasteiger partial charge on any atom is -0.469 e. The standard InChI is InChI=1S/C34H34N4O5/c1-43-32(40)21-18-27-12-8-9-15-30(27)38(33(41)28-13-6-3-7-14-28)24-31(39)35-22-26-16-19-29(20-17-26)37-34(42)36-23-25-10-4-2-5-11-25/h2-17,19-20H,18,21-24H2,1H3,(H,35,39)(H2,36,37,42). The van der Waals surface area contributed by atoms with Gasteiger partial charge in [0.1, 0.15) is 6.54 Å². The summed E-state index contributed by atoms with van der Waals surface area (Å²) in [5, 5.41) is 8.48. The molecule has 4 rings (SSSR count). The van der Waals surface area contributed by atoms with E-state index < -0.39 is 0 Å². The maximum atomic E-state index is 13.6. The summed E-state index contributed by atoms with van der Waals surface area (Å²) in [5.41, 5.74) is 4.18. The van der Waals surface area contributed by atoms with Crippen LogP contribution in [0.5, 0.6) is 0 Å². The molecule has 0 aliphatic rings. The van der Waals surface area contributed by atoms with Crippen molar-refractivity contribution in [3.8, 4) is 0 Å². The van der Waals surface area contributed by atoms with Crippen LogP contribution in [0.15, 0.2) is 109 Å². The van der Waals surface area contributed by atoms with E-state index >= 15 is 0 Å². The average Bonchev–Trinajstić information content (AvgIpc) is 3.05. The number of ether oxygens (including phenoxy) is 1. The zero-order valence-electron chi connectivity index (χ0n) is 23.9. The van der Waals surface area contributed by atoms with Crippen LogP contribution >= 0.6 is 0 Å². The second kappa shape index (κ2) is 15.5. The van der Waals surface area contributed by atoms with Crippen LogP contribution in [-0.2, 0) is 33.8 Å². The fraction of sp³-hybridized carbons (Fsp3) is 0.176. The van der Waals surface area contributed by atoms with Gasteiger partial charge in [-0.1, -0.05) is 78.9 Å². The van der Waals surface area contributed by atoms with Crippen LogP contribution in [0.2, 0.25) is 0 Å². The van der Waals surface area contributed by atoms with Gasteiger partial charge in [0.2, 0.25) is 5.91 Å². The lowest BCUT2D eigenvalue weighted by Crippen LogP contribution is -2.41. The van der Waals surface area contributed by atoms with E-state index in [-0.39, 0.29) is 43.3 Å². The van der Waals surface area contributed by atoms with E-state index in [4.69, 9.17) is 4.74 Å². The lowest BCUT2D eigenvalue weighted by Gasteiger charge is -2.25. The van der Waals surface area contributed by atoms with Gasteiger partial charge in [0, 0.05) is 36.4 Å². The molecular weight excluding hydrogens is 544 g/mol. The number of benzene rings is 4. The van der Waals surface area contributed by atoms with Gasteiger partial charge in [0.05, 0.1) is 7.11 Å². The van der Waals surface area contributed by atoms with Gasteiger partial charge in [-0.2, -0.15) is 0 Å². The van der Waals surface area contributed by atoms with Crippen molar-refractivity contribution in [1.82, 2.24) is 10.6 Å². The molecule has 9 heteroatoms. The number of esters is 1. The molecule has 0 bridgehead atoms. The number of aryl methyl sites for hydroxylation is 1. The van der Waals surface area contributed by atoms with Crippen molar-refractivity contribution in [2.45, 2.75) is 25.9 Å². The number of carbonyl (C=O) groups excluding carboxylic acids is 4. The van der Waals surface area contributed by atoms with Crippen LogP contribution in [-0.4, -0.2) is 37.5 Å². The molecule has 220 valence electrons. The highest BCUT2D eigenvalue weighted by molar-refractivity contribution is 6.09. The Kier molecular flexibility index (Phi) is 11.0. The molecule has 0 saturated heterocycles. The summed E-state index contributed by atoms with van der Waals surface area (Å²) in [6, 6.07) is 32.4. The van der Waals surface area contributed by atoms with Crippen LogP contribution in [0, 0.1) is 0 Å². The number of urea groups is 1. The number of rotatable bonds is 12. The highest BCUT2D eigenvalue weighted by atomic mass is 16.5. The molecule has 0 heterocycles. The molecule has 4 aromatic rings. The maximum Gasteiger partial charge on any atom is 0.319 e. The summed E-state index contributed by atoms with van der Waals surface area (Å²) in [5.74, 6) is -1.04. The number of carbonyl (C=O) groups is 4.